The highest BCUT2D eigenvalue weighted by molar-refractivity contribution is 7.98. The van der Waals surface area contributed by atoms with Crippen LogP contribution in [-0.4, -0.2) is 30.0 Å². The third-order valence-electron chi connectivity index (χ3n) is 2.46. The zero-order valence-corrected chi connectivity index (χ0v) is 13.6. The maximum atomic E-state index is 11.7. The highest BCUT2D eigenvalue weighted by atomic mass is 32.2. The third-order valence-corrected chi connectivity index (χ3v) is 3.64. The van der Waals surface area contributed by atoms with Crippen LogP contribution in [0.3, 0.4) is 0 Å². The van der Waals surface area contributed by atoms with Crippen LogP contribution < -0.4 is 5.32 Å². The van der Waals surface area contributed by atoms with E-state index in [0.717, 1.165) is 5.75 Å². The number of amides is 1. The van der Waals surface area contributed by atoms with E-state index in [-0.39, 0.29) is 12.6 Å². The van der Waals surface area contributed by atoms with Gasteiger partial charge in [0.05, 0.1) is 0 Å². The summed E-state index contributed by atoms with van der Waals surface area (Å²) in [5.41, 5.74) is 0.713. The van der Waals surface area contributed by atoms with Crippen molar-refractivity contribution in [1.82, 2.24) is 5.32 Å². The standard InChI is InChI=1S/C16H22N2O2S/c1-16(2,3)20-15(19)18-14(10-17-4)12-21-11-13-8-6-5-7-9-13/h5-9,14H,10-12H2,1-3H3,(H,18,19). The summed E-state index contributed by atoms with van der Waals surface area (Å²) in [5.74, 6) is 1.56. The fourth-order valence-electron chi connectivity index (χ4n) is 1.62. The predicted octanol–water partition coefficient (Wildman–Crippen LogP) is 3.73. The van der Waals surface area contributed by atoms with Gasteiger partial charge in [-0.1, -0.05) is 30.3 Å². The molecule has 5 heteroatoms. The molecule has 0 saturated carbocycles. The molecule has 4 nitrogen and oxygen atoms in total. The van der Waals surface area contributed by atoms with Crippen LogP contribution in [0.4, 0.5) is 4.79 Å². The van der Waals surface area contributed by atoms with E-state index >= 15 is 0 Å². The zero-order valence-electron chi connectivity index (χ0n) is 12.8. The van der Waals surface area contributed by atoms with Crippen molar-refractivity contribution in [2.75, 3.05) is 12.3 Å². The van der Waals surface area contributed by atoms with Crippen molar-refractivity contribution in [2.45, 2.75) is 38.2 Å². The molecule has 0 aliphatic heterocycles. The van der Waals surface area contributed by atoms with E-state index in [1.54, 1.807) is 11.8 Å². The van der Waals surface area contributed by atoms with Crippen molar-refractivity contribution >= 4 is 17.9 Å². The van der Waals surface area contributed by atoms with Crippen LogP contribution in [0.5, 0.6) is 0 Å². The van der Waals surface area contributed by atoms with E-state index in [1.165, 1.54) is 5.56 Å². The highest BCUT2D eigenvalue weighted by Gasteiger charge is 2.20. The molecule has 1 unspecified atom stereocenters. The summed E-state index contributed by atoms with van der Waals surface area (Å²) in [4.78, 5) is 15.1. The Hall–Kier alpha value is -1.67. The molecule has 1 amide bonds. The van der Waals surface area contributed by atoms with Gasteiger partial charge in [-0.2, -0.15) is 11.8 Å². The summed E-state index contributed by atoms with van der Waals surface area (Å²) in [6.07, 6.45) is -0.462. The summed E-state index contributed by atoms with van der Waals surface area (Å²) in [6.45, 7) is 12.7. The molecule has 0 fully saturated rings. The molecule has 0 bridgehead atoms. The van der Waals surface area contributed by atoms with Gasteiger partial charge < -0.3 is 14.9 Å². The maximum Gasteiger partial charge on any atom is 0.408 e. The molecule has 0 aliphatic carbocycles. The minimum atomic E-state index is -0.524. The molecule has 0 aliphatic rings. The van der Waals surface area contributed by atoms with Crippen molar-refractivity contribution in [3.63, 3.8) is 0 Å². The smallest absolute Gasteiger partial charge is 0.408 e. The Balaban J connectivity index is 2.39. The van der Waals surface area contributed by atoms with Gasteiger partial charge in [0.25, 0.3) is 0 Å². The Kier molecular flexibility index (Phi) is 7.10. The normalized spacial score (nSPS) is 12.3. The first-order valence-corrected chi connectivity index (χ1v) is 8.00. The van der Waals surface area contributed by atoms with Crippen LogP contribution in [0.2, 0.25) is 0 Å². The monoisotopic (exact) mass is 306 g/mol. The van der Waals surface area contributed by atoms with Gasteiger partial charge in [-0.3, -0.25) is 0 Å². The largest absolute Gasteiger partial charge is 0.444 e. The third kappa shape index (κ3) is 8.26. The van der Waals surface area contributed by atoms with Crippen LogP contribution in [0, 0.1) is 6.57 Å². The van der Waals surface area contributed by atoms with E-state index in [2.05, 4.69) is 22.3 Å². The molecule has 0 spiro atoms. The van der Waals surface area contributed by atoms with Gasteiger partial charge in [-0.15, -0.1) is 0 Å². The first-order valence-electron chi connectivity index (χ1n) is 6.85. The molecule has 1 N–H and O–H groups in total. The number of benzene rings is 1. The maximum absolute atomic E-state index is 11.7. The molecule has 1 aromatic rings. The SMILES string of the molecule is [C-]#[N+]CC(CSCc1ccccc1)NC(=O)OC(C)(C)C. The van der Waals surface area contributed by atoms with Crippen LogP contribution >= 0.6 is 11.8 Å². The summed E-state index contributed by atoms with van der Waals surface area (Å²) >= 11 is 1.70. The lowest BCUT2D eigenvalue weighted by molar-refractivity contribution is 0.0513. The van der Waals surface area contributed by atoms with E-state index < -0.39 is 11.7 Å². The van der Waals surface area contributed by atoms with E-state index in [9.17, 15) is 4.79 Å². The molecule has 1 rings (SSSR count). The Morgan fingerprint density at radius 1 is 1.38 bits per heavy atom. The van der Waals surface area contributed by atoms with Gasteiger partial charge in [0, 0.05) is 11.5 Å². The molecule has 0 saturated heterocycles. The minimum absolute atomic E-state index is 0.189. The molecule has 0 aromatic heterocycles. The molecule has 114 valence electrons. The zero-order chi connectivity index (χ0) is 15.7. The fourth-order valence-corrected chi connectivity index (χ4v) is 2.64. The Morgan fingerprint density at radius 2 is 2.05 bits per heavy atom. The van der Waals surface area contributed by atoms with E-state index in [0.29, 0.717) is 5.75 Å². The topological polar surface area (TPSA) is 42.7 Å². The Morgan fingerprint density at radius 3 is 2.62 bits per heavy atom. The number of ether oxygens (including phenoxy) is 1. The average Bonchev–Trinajstić information content (AvgIpc) is 2.38. The lowest BCUT2D eigenvalue weighted by Gasteiger charge is -2.21. The fraction of sp³-hybridized carbons (Fsp3) is 0.500. The molecule has 0 radical (unpaired) electrons. The molecular formula is C16H22N2O2S. The van der Waals surface area contributed by atoms with E-state index in [1.807, 2.05) is 39.0 Å². The molecule has 1 atom stereocenters. The molecular weight excluding hydrogens is 284 g/mol. The number of nitrogens with zero attached hydrogens (tertiary/aromatic N) is 1. The number of carbonyl (C=O) groups excluding carboxylic acids is 1. The number of thioether (sulfide) groups is 1. The van der Waals surface area contributed by atoms with Crippen LogP contribution in [0.25, 0.3) is 4.85 Å². The van der Waals surface area contributed by atoms with Gasteiger partial charge in [-0.25, -0.2) is 11.4 Å². The number of carbonyl (C=O) groups is 1. The number of nitrogens with one attached hydrogen (secondary N) is 1. The second kappa shape index (κ2) is 8.58. The Bertz CT molecular complexity index is 477. The van der Waals surface area contributed by atoms with E-state index in [4.69, 9.17) is 11.3 Å². The van der Waals surface area contributed by atoms with Gasteiger partial charge >= 0.3 is 6.09 Å². The van der Waals surface area contributed by atoms with Gasteiger partial charge in [0.1, 0.15) is 11.6 Å². The van der Waals surface area contributed by atoms with Crippen molar-refractivity contribution in [3.05, 3.63) is 47.3 Å². The van der Waals surface area contributed by atoms with Crippen LogP contribution in [0.1, 0.15) is 26.3 Å². The molecule has 21 heavy (non-hydrogen) atoms. The summed E-state index contributed by atoms with van der Waals surface area (Å²) in [7, 11) is 0. The Labute approximate surface area is 131 Å². The van der Waals surface area contributed by atoms with Crippen molar-refractivity contribution in [3.8, 4) is 0 Å². The number of hydrogen-bond acceptors (Lipinski definition) is 3. The summed E-state index contributed by atoms with van der Waals surface area (Å²) in [5, 5.41) is 2.77. The number of rotatable bonds is 6. The van der Waals surface area contributed by atoms with Gasteiger partial charge in [0.2, 0.25) is 6.54 Å². The second-order valence-electron chi connectivity index (χ2n) is 5.68. The summed E-state index contributed by atoms with van der Waals surface area (Å²) < 4.78 is 5.22. The van der Waals surface area contributed by atoms with Crippen molar-refractivity contribution < 1.29 is 9.53 Å². The van der Waals surface area contributed by atoms with Crippen molar-refractivity contribution in [2.24, 2.45) is 0 Å². The first kappa shape index (κ1) is 17.4. The molecule has 0 heterocycles. The van der Waals surface area contributed by atoms with Gasteiger partial charge in [-0.05, 0) is 26.3 Å². The van der Waals surface area contributed by atoms with Crippen LogP contribution in [-0.2, 0) is 10.5 Å². The van der Waals surface area contributed by atoms with Crippen molar-refractivity contribution in [1.29, 1.82) is 0 Å². The second-order valence-corrected chi connectivity index (χ2v) is 6.71. The lowest BCUT2D eigenvalue weighted by Crippen LogP contribution is -2.41. The molecule has 1 aromatic carbocycles. The number of alkyl carbamates (subject to hydrolysis) is 1. The average molecular weight is 306 g/mol. The lowest BCUT2D eigenvalue weighted by atomic mass is 10.2. The quantitative estimate of drug-likeness (QED) is 0.814. The first-order chi connectivity index (χ1) is 9.90. The predicted molar refractivity (Wildman–Crippen MR) is 87.2 cm³/mol. The summed E-state index contributed by atoms with van der Waals surface area (Å²) in [6, 6.07) is 9.94. The number of hydrogen-bond donors (Lipinski definition) is 1. The van der Waals surface area contributed by atoms with Gasteiger partial charge in [0.15, 0.2) is 0 Å². The van der Waals surface area contributed by atoms with Crippen LogP contribution in [0.15, 0.2) is 30.3 Å². The minimum Gasteiger partial charge on any atom is -0.444 e. The highest BCUT2D eigenvalue weighted by Crippen LogP contribution is 2.13.